The van der Waals surface area contributed by atoms with Crippen LogP contribution in [-0.4, -0.2) is 12.1 Å². The van der Waals surface area contributed by atoms with Crippen molar-refractivity contribution in [3.8, 4) is 0 Å². The molecule has 0 spiro atoms. The molecule has 117 valence electrons. The normalized spacial score (nSPS) is 13.2. The zero-order valence-corrected chi connectivity index (χ0v) is 14.1. The van der Waals surface area contributed by atoms with Gasteiger partial charge in [0, 0.05) is 11.8 Å². The molecule has 2 heteroatoms. The summed E-state index contributed by atoms with van der Waals surface area (Å²) in [5.74, 6) is 0. The number of allylic oxidation sites excluding steroid dienone is 4. The molecule has 2 nitrogen and oxygen atoms in total. The van der Waals surface area contributed by atoms with Gasteiger partial charge < -0.3 is 10.2 Å². The molecule has 0 rings (SSSR count). The van der Waals surface area contributed by atoms with Gasteiger partial charge >= 0.3 is 0 Å². The van der Waals surface area contributed by atoms with Crippen LogP contribution >= 0.6 is 0 Å². The predicted molar refractivity (Wildman–Crippen MR) is 89.4 cm³/mol. The Balaban J connectivity index is 0. The summed E-state index contributed by atoms with van der Waals surface area (Å²) in [7, 11) is 0. The Bertz CT molecular complexity index is 315. The van der Waals surface area contributed by atoms with E-state index in [1.54, 1.807) is 6.26 Å². The first-order valence-electron chi connectivity index (χ1n) is 7.23. The first kappa shape index (κ1) is 21.3. The lowest BCUT2D eigenvalue weighted by molar-refractivity contribution is 0.115. The van der Waals surface area contributed by atoms with Crippen molar-refractivity contribution in [1.82, 2.24) is 0 Å². The average molecular weight is 281 g/mol. The minimum atomic E-state index is 0. The molecule has 0 amide bonds. The van der Waals surface area contributed by atoms with E-state index < -0.39 is 0 Å². The highest BCUT2D eigenvalue weighted by atomic mass is 16.5. The molecule has 0 aliphatic rings. The van der Waals surface area contributed by atoms with Gasteiger partial charge in [-0.3, -0.25) is 0 Å². The van der Waals surface area contributed by atoms with Crippen molar-refractivity contribution < 1.29 is 10.2 Å². The summed E-state index contributed by atoms with van der Waals surface area (Å²) in [6.07, 6.45) is 12.0. The maximum atomic E-state index is 5.66. The molecule has 0 fully saturated rings. The Kier molecular flexibility index (Phi) is 10.4. The number of hydrogen-bond acceptors (Lipinski definition) is 1. The van der Waals surface area contributed by atoms with E-state index >= 15 is 0 Å². The van der Waals surface area contributed by atoms with E-state index in [1.807, 2.05) is 18.6 Å². The minimum absolute atomic E-state index is 0. The van der Waals surface area contributed by atoms with Crippen molar-refractivity contribution in [3.63, 3.8) is 0 Å². The maximum absolute atomic E-state index is 5.66. The molecule has 0 unspecified atom stereocenters. The monoisotopic (exact) mass is 281 g/mol. The van der Waals surface area contributed by atoms with Gasteiger partial charge in [-0.15, -0.1) is 6.58 Å². The third-order valence-corrected chi connectivity index (χ3v) is 3.75. The molecule has 0 heterocycles. The second-order valence-electron chi connectivity index (χ2n) is 6.43. The van der Waals surface area contributed by atoms with Crippen LogP contribution < -0.4 is 0 Å². The van der Waals surface area contributed by atoms with E-state index in [-0.39, 0.29) is 16.3 Å². The second-order valence-corrected chi connectivity index (χ2v) is 6.43. The summed E-state index contributed by atoms with van der Waals surface area (Å²) in [4.78, 5) is 0. The molecular formula is C18H33O2. The van der Waals surface area contributed by atoms with Crippen LogP contribution in [0.1, 0.15) is 54.4 Å². The molecule has 0 aromatic carbocycles. The van der Waals surface area contributed by atoms with Crippen molar-refractivity contribution in [2.24, 2.45) is 10.8 Å². The van der Waals surface area contributed by atoms with Crippen LogP contribution in [0.3, 0.4) is 0 Å². The average Bonchev–Trinajstić information content (AvgIpc) is 2.35. The van der Waals surface area contributed by atoms with E-state index in [1.165, 1.54) is 5.57 Å². The molecule has 2 N–H and O–H groups in total. The van der Waals surface area contributed by atoms with Gasteiger partial charge in [-0.2, -0.15) is 0 Å². The third kappa shape index (κ3) is 8.21. The van der Waals surface area contributed by atoms with Crippen LogP contribution in [0.5, 0.6) is 0 Å². The molecule has 0 aromatic rings. The van der Waals surface area contributed by atoms with Gasteiger partial charge in [-0.1, -0.05) is 59.3 Å². The lowest BCUT2D eigenvalue weighted by Gasteiger charge is -2.25. The van der Waals surface area contributed by atoms with Crippen molar-refractivity contribution in [2.75, 3.05) is 6.61 Å². The zero-order chi connectivity index (χ0) is 14.9. The smallest absolute Gasteiger partial charge is 0.0926 e. The summed E-state index contributed by atoms with van der Waals surface area (Å²) in [5.41, 5.74) is 1.66. The quantitative estimate of drug-likeness (QED) is 0.461. The van der Waals surface area contributed by atoms with Crippen LogP contribution in [0, 0.1) is 17.3 Å². The topological polar surface area (TPSA) is 40.7 Å². The van der Waals surface area contributed by atoms with Crippen LogP contribution in [-0.2, 0) is 4.74 Å². The predicted octanol–water partition coefficient (Wildman–Crippen LogP) is 4.88. The van der Waals surface area contributed by atoms with Crippen molar-refractivity contribution in [1.29, 1.82) is 0 Å². The SMILES string of the molecule is C=C[CH]/C(=C\C=C\OCC(C)(CC)CC)C(C)(C)C.O. The summed E-state index contributed by atoms with van der Waals surface area (Å²) in [5, 5.41) is 0. The maximum Gasteiger partial charge on any atom is 0.0926 e. The molecule has 0 aliphatic heterocycles. The standard InChI is InChI=1S/C18H31O.H2O/c1-8-12-16(17(4,5)6)13-11-14-19-15-18(7,9-2)10-3;/h8,11-14H,1,9-10,15H2,2-7H3;1H2/b14-11+,16-13+;. The van der Waals surface area contributed by atoms with E-state index in [0.29, 0.717) is 0 Å². The van der Waals surface area contributed by atoms with Crippen molar-refractivity contribution in [2.45, 2.75) is 54.4 Å². The molecule has 0 bridgehead atoms. The Morgan fingerprint density at radius 1 is 1.10 bits per heavy atom. The number of rotatable bonds is 8. The molecule has 0 saturated carbocycles. The Labute approximate surface area is 125 Å². The van der Waals surface area contributed by atoms with Crippen LogP contribution in [0.4, 0.5) is 0 Å². The van der Waals surface area contributed by atoms with E-state index in [2.05, 4.69) is 54.2 Å². The van der Waals surface area contributed by atoms with E-state index in [9.17, 15) is 0 Å². The van der Waals surface area contributed by atoms with Crippen LogP contribution in [0.2, 0.25) is 0 Å². The number of ether oxygens (including phenoxy) is 1. The Morgan fingerprint density at radius 3 is 2.05 bits per heavy atom. The first-order chi connectivity index (χ1) is 8.79. The van der Waals surface area contributed by atoms with Gasteiger partial charge in [0.05, 0.1) is 12.9 Å². The Morgan fingerprint density at radius 2 is 1.65 bits per heavy atom. The lowest BCUT2D eigenvalue weighted by atomic mass is 9.84. The molecule has 0 aromatic heterocycles. The largest absolute Gasteiger partial charge is 0.501 e. The lowest BCUT2D eigenvalue weighted by Crippen LogP contribution is -2.19. The van der Waals surface area contributed by atoms with E-state index in [0.717, 1.165) is 19.4 Å². The highest BCUT2D eigenvalue weighted by molar-refractivity contribution is 5.29. The molecule has 0 saturated heterocycles. The molecule has 1 radical (unpaired) electrons. The summed E-state index contributed by atoms with van der Waals surface area (Å²) in [6.45, 7) is 17.8. The molecule has 0 atom stereocenters. The summed E-state index contributed by atoms with van der Waals surface area (Å²) >= 11 is 0. The highest BCUT2D eigenvalue weighted by Gasteiger charge is 2.19. The van der Waals surface area contributed by atoms with E-state index in [4.69, 9.17) is 4.74 Å². The van der Waals surface area contributed by atoms with Gasteiger partial charge in [-0.25, -0.2) is 0 Å². The second kappa shape index (κ2) is 9.82. The third-order valence-electron chi connectivity index (χ3n) is 3.75. The fraction of sp³-hybridized carbons (Fsp3) is 0.611. The zero-order valence-electron chi connectivity index (χ0n) is 14.1. The first-order valence-corrected chi connectivity index (χ1v) is 7.23. The fourth-order valence-corrected chi connectivity index (χ4v) is 1.58. The molecular weight excluding hydrogens is 248 g/mol. The summed E-state index contributed by atoms with van der Waals surface area (Å²) < 4.78 is 5.66. The minimum Gasteiger partial charge on any atom is -0.501 e. The van der Waals surface area contributed by atoms with Gasteiger partial charge in [0.25, 0.3) is 0 Å². The van der Waals surface area contributed by atoms with Crippen molar-refractivity contribution >= 4 is 0 Å². The Hall–Kier alpha value is -1.02. The van der Waals surface area contributed by atoms with Crippen molar-refractivity contribution in [3.05, 3.63) is 43.1 Å². The number of hydrogen-bond donors (Lipinski definition) is 0. The van der Waals surface area contributed by atoms with Crippen LogP contribution in [0.25, 0.3) is 0 Å². The highest BCUT2D eigenvalue weighted by Crippen LogP contribution is 2.28. The van der Waals surface area contributed by atoms with Gasteiger partial charge in [0.1, 0.15) is 0 Å². The van der Waals surface area contributed by atoms with Gasteiger partial charge in [0.2, 0.25) is 0 Å². The van der Waals surface area contributed by atoms with Gasteiger partial charge in [0.15, 0.2) is 0 Å². The summed E-state index contributed by atoms with van der Waals surface area (Å²) in [6, 6.07) is 0. The van der Waals surface area contributed by atoms with Crippen LogP contribution in [0.15, 0.2) is 36.6 Å². The molecule has 0 aliphatic carbocycles. The molecule has 20 heavy (non-hydrogen) atoms. The fourth-order valence-electron chi connectivity index (χ4n) is 1.58. The van der Waals surface area contributed by atoms with Gasteiger partial charge in [-0.05, 0) is 24.3 Å².